The van der Waals surface area contributed by atoms with Crippen LogP contribution in [0.5, 0.6) is 0 Å². The summed E-state index contributed by atoms with van der Waals surface area (Å²) in [5, 5.41) is 0. The third-order valence-electron chi connectivity index (χ3n) is 5.51. The highest BCUT2D eigenvalue weighted by Gasteiger charge is 2.14. The van der Waals surface area contributed by atoms with E-state index in [1.54, 1.807) is 23.7 Å². The molecule has 0 atom stereocenters. The Balaban J connectivity index is 1.55. The number of rotatable bonds is 4. The van der Waals surface area contributed by atoms with Gasteiger partial charge in [-0.05, 0) is 49.2 Å². The maximum Gasteiger partial charge on any atom is 0.0367 e. The number of thiophene rings is 1. The van der Waals surface area contributed by atoms with Gasteiger partial charge in [0, 0.05) is 92.7 Å². The molecule has 0 N–H and O–H groups in total. The summed E-state index contributed by atoms with van der Waals surface area (Å²) in [6.07, 6.45) is 15.1. The van der Waals surface area contributed by atoms with Crippen molar-refractivity contribution in [2.45, 2.75) is 13.8 Å². The fraction of sp³-hybridized carbons (Fsp3) is 0.0769. The molecule has 0 bridgehead atoms. The van der Waals surface area contributed by atoms with Crippen LogP contribution in [-0.4, -0.2) is 19.9 Å². The lowest BCUT2D eigenvalue weighted by Gasteiger charge is -2.10. The van der Waals surface area contributed by atoms with Crippen LogP contribution in [0.4, 0.5) is 0 Å². The first-order valence-electron chi connectivity index (χ1n) is 10.0. The number of pyridine rings is 4. The smallest absolute Gasteiger partial charge is 0.0367 e. The molecule has 5 aromatic rings. The monoisotopic (exact) mass is 420 g/mol. The highest BCUT2D eigenvalue weighted by molar-refractivity contribution is 7.18. The van der Waals surface area contributed by atoms with Crippen LogP contribution in [0.2, 0.25) is 0 Å². The van der Waals surface area contributed by atoms with Gasteiger partial charge in [-0.3, -0.25) is 19.9 Å². The molecule has 0 saturated carbocycles. The fourth-order valence-corrected chi connectivity index (χ4v) is 4.94. The Bertz CT molecular complexity index is 1240. The van der Waals surface area contributed by atoms with Crippen molar-refractivity contribution in [2.24, 2.45) is 0 Å². The van der Waals surface area contributed by atoms with Gasteiger partial charge < -0.3 is 0 Å². The predicted molar refractivity (Wildman–Crippen MR) is 127 cm³/mol. The minimum atomic E-state index is 1.08. The lowest BCUT2D eigenvalue weighted by Crippen LogP contribution is -1.90. The van der Waals surface area contributed by atoms with Crippen molar-refractivity contribution < 1.29 is 0 Å². The number of aromatic nitrogens is 4. The van der Waals surface area contributed by atoms with Crippen LogP contribution in [0.1, 0.15) is 11.1 Å². The quantitative estimate of drug-likeness (QED) is 0.328. The van der Waals surface area contributed by atoms with E-state index in [0.29, 0.717) is 0 Å². The first kappa shape index (κ1) is 19.3. The highest BCUT2D eigenvalue weighted by Crippen LogP contribution is 2.40. The molecule has 0 radical (unpaired) electrons. The molecule has 0 aromatic carbocycles. The van der Waals surface area contributed by atoms with E-state index < -0.39 is 0 Å². The molecule has 4 nitrogen and oxygen atoms in total. The van der Waals surface area contributed by atoms with E-state index in [-0.39, 0.29) is 0 Å². The van der Waals surface area contributed by atoms with Gasteiger partial charge in [-0.2, -0.15) is 0 Å². The van der Waals surface area contributed by atoms with E-state index in [1.165, 1.54) is 20.9 Å². The second kappa shape index (κ2) is 8.20. The summed E-state index contributed by atoms with van der Waals surface area (Å²) in [7, 11) is 0. The first-order valence-corrected chi connectivity index (χ1v) is 10.8. The van der Waals surface area contributed by atoms with Crippen molar-refractivity contribution in [3.63, 3.8) is 0 Å². The summed E-state index contributed by atoms with van der Waals surface area (Å²) in [4.78, 5) is 19.9. The van der Waals surface area contributed by atoms with Gasteiger partial charge in [0.1, 0.15) is 0 Å². The molecule has 0 saturated heterocycles. The minimum Gasteiger partial charge on any atom is -0.264 e. The number of nitrogens with zero attached hydrogens (tertiary/aromatic N) is 4. The molecule has 5 rings (SSSR count). The van der Waals surface area contributed by atoms with E-state index in [9.17, 15) is 0 Å². The Morgan fingerprint density at radius 1 is 0.516 bits per heavy atom. The lowest BCUT2D eigenvalue weighted by atomic mass is 9.99. The van der Waals surface area contributed by atoms with Gasteiger partial charge in [-0.1, -0.05) is 12.1 Å². The van der Waals surface area contributed by atoms with Crippen molar-refractivity contribution in [1.29, 1.82) is 0 Å². The Hall–Kier alpha value is -3.70. The van der Waals surface area contributed by atoms with Crippen LogP contribution in [0.15, 0.2) is 86.0 Å². The predicted octanol–water partition coefficient (Wildman–Crippen LogP) is 6.61. The Morgan fingerprint density at radius 3 is 1.39 bits per heavy atom. The zero-order valence-electron chi connectivity index (χ0n) is 17.3. The fourth-order valence-electron chi connectivity index (χ4n) is 3.80. The van der Waals surface area contributed by atoms with Gasteiger partial charge in [-0.25, -0.2) is 0 Å². The third kappa shape index (κ3) is 3.64. The standard InChI is InChI=1S/C26H20N4S/c1-17-21(19-5-3-9-27-11-19)13-29-15-23(17)25-7-8-26(31-25)24-16-30-14-22(18(24)2)20-6-4-10-28-12-20/h3-16H,1-2H3. The topological polar surface area (TPSA) is 51.6 Å². The molecule has 5 heteroatoms. The van der Waals surface area contributed by atoms with Crippen molar-refractivity contribution >= 4 is 11.3 Å². The van der Waals surface area contributed by atoms with Crippen molar-refractivity contribution in [3.05, 3.63) is 97.1 Å². The first-order chi connectivity index (χ1) is 15.2. The zero-order chi connectivity index (χ0) is 21.2. The van der Waals surface area contributed by atoms with Crippen LogP contribution >= 0.6 is 11.3 Å². The third-order valence-corrected chi connectivity index (χ3v) is 6.66. The Kier molecular flexibility index (Phi) is 5.10. The van der Waals surface area contributed by atoms with E-state index in [2.05, 4.69) is 58.0 Å². The summed E-state index contributed by atoms with van der Waals surface area (Å²) >= 11 is 1.76. The average molecular weight is 421 g/mol. The molecular weight excluding hydrogens is 400 g/mol. The average Bonchev–Trinajstić information content (AvgIpc) is 3.30. The summed E-state index contributed by atoms with van der Waals surface area (Å²) in [5.74, 6) is 0. The maximum absolute atomic E-state index is 4.51. The van der Waals surface area contributed by atoms with E-state index >= 15 is 0 Å². The van der Waals surface area contributed by atoms with Crippen LogP contribution in [0, 0.1) is 13.8 Å². The van der Waals surface area contributed by atoms with E-state index in [4.69, 9.17) is 0 Å². The molecule has 0 aliphatic heterocycles. The molecule has 0 aliphatic carbocycles. The van der Waals surface area contributed by atoms with Crippen molar-refractivity contribution in [3.8, 4) is 43.1 Å². The molecule has 5 aromatic heterocycles. The molecule has 31 heavy (non-hydrogen) atoms. The van der Waals surface area contributed by atoms with Gasteiger partial charge in [-0.15, -0.1) is 11.3 Å². The van der Waals surface area contributed by atoms with E-state index in [1.807, 2.05) is 49.3 Å². The van der Waals surface area contributed by atoms with Crippen LogP contribution in [0.3, 0.4) is 0 Å². The van der Waals surface area contributed by atoms with Crippen LogP contribution in [-0.2, 0) is 0 Å². The van der Waals surface area contributed by atoms with Gasteiger partial charge in [0.2, 0.25) is 0 Å². The van der Waals surface area contributed by atoms with Gasteiger partial charge >= 0.3 is 0 Å². The second-order valence-corrected chi connectivity index (χ2v) is 8.45. The summed E-state index contributed by atoms with van der Waals surface area (Å²) < 4.78 is 0. The van der Waals surface area contributed by atoms with Crippen LogP contribution < -0.4 is 0 Å². The van der Waals surface area contributed by atoms with Gasteiger partial charge in [0.05, 0.1) is 0 Å². The van der Waals surface area contributed by atoms with Crippen LogP contribution in [0.25, 0.3) is 43.1 Å². The second-order valence-electron chi connectivity index (χ2n) is 7.37. The van der Waals surface area contributed by atoms with Crippen molar-refractivity contribution in [2.75, 3.05) is 0 Å². The molecule has 0 fully saturated rings. The molecule has 0 unspecified atom stereocenters. The Labute approximate surface area is 185 Å². The minimum absolute atomic E-state index is 1.08. The molecule has 0 aliphatic rings. The number of hydrogen-bond acceptors (Lipinski definition) is 5. The molecule has 0 amide bonds. The summed E-state index contributed by atoms with van der Waals surface area (Å²) in [6.45, 7) is 4.29. The summed E-state index contributed by atoms with van der Waals surface area (Å²) in [5.41, 5.74) is 9.07. The molecule has 5 heterocycles. The Morgan fingerprint density at radius 2 is 0.968 bits per heavy atom. The highest BCUT2D eigenvalue weighted by atomic mass is 32.1. The molecule has 150 valence electrons. The SMILES string of the molecule is Cc1c(-c2cccnc2)cncc1-c1ccc(-c2cncc(-c3cccnc3)c2C)s1. The largest absolute Gasteiger partial charge is 0.264 e. The summed E-state index contributed by atoms with van der Waals surface area (Å²) in [6, 6.07) is 12.4. The maximum atomic E-state index is 4.51. The van der Waals surface area contributed by atoms with Gasteiger partial charge in [0.15, 0.2) is 0 Å². The van der Waals surface area contributed by atoms with Gasteiger partial charge in [0.25, 0.3) is 0 Å². The normalized spacial score (nSPS) is 10.9. The lowest BCUT2D eigenvalue weighted by molar-refractivity contribution is 1.27. The molecular formula is C26H20N4S. The van der Waals surface area contributed by atoms with Crippen molar-refractivity contribution in [1.82, 2.24) is 19.9 Å². The van der Waals surface area contributed by atoms with E-state index in [0.717, 1.165) is 33.4 Å². The number of hydrogen-bond donors (Lipinski definition) is 0. The molecule has 0 spiro atoms. The zero-order valence-corrected chi connectivity index (χ0v) is 18.1.